The van der Waals surface area contributed by atoms with Gasteiger partial charge in [0.2, 0.25) is 11.5 Å². The smallest absolute Gasteiger partial charge is 0.351 e. The number of carboxylic acid groups (broad SMARTS) is 1. The van der Waals surface area contributed by atoms with Crippen molar-refractivity contribution in [2.24, 2.45) is 0 Å². The molecule has 7 nitrogen and oxygen atoms in total. The predicted octanol–water partition coefficient (Wildman–Crippen LogP) is 7.62. The molecule has 0 amide bonds. The summed E-state index contributed by atoms with van der Waals surface area (Å²) in [6, 6.07) is 24.7. The molecule has 0 radical (unpaired) electrons. The van der Waals surface area contributed by atoms with Crippen molar-refractivity contribution in [2.45, 2.75) is 63.9 Å². The van der Waals surface area contributed by atoms with E-state index in [1.54, 1.807) is 24.3 Å². The standard InChI is InChI=1S/C34H37NO6/c1-24-31(35-32(40-24)27-11-7-4-8-12-27)21-22-38-28-17-19-29(20-18-28)39-23-34(2,33(36)37)41-30-15-13-26(14-16-30)25-9-5-3-6-10-25/h4,7-8,11-20,25H,3,5-6,9-10,21-23H2,1-2H3,(H,36,37). The molecule has 1 saturated carbocycles. The minimum absolute atomic E-state index is 0.151. The van der Waals surface area contributed by atoms with Crippen LogP contribution >= 0.6 is 0 Å². The first-order valence-corrected chi connectivity index (χ1v) is 14.3. The molecule has 3 aromatic carbocycles. The van der Waals surface area contributed by atoms with Crippen LogP contribution in [0.25, 0.3) is 11.5 Å². The van der Waals surface area contributed by atoms with Crippen LogP contribution in [0.4, 0.5) is 0 Å². The minimum Gasteiger partial charge on any atom is -0.493 e. The van der Waals surface area contributed by atoms with Crippen molar-refractivity contribution >= 4 is 5.97 Å². The zero-order valence-corrected chi connectivity index (χ0v) is 23.7. The number of rotatable bonds is 12. The number of hydrogen-bond acceptors (Lipinski definition) is 6. The molecule has 0 saturated heterocycles. The Kier molecular flexibility index (Phi) is 8.92. The molecule has 0 spiro atoms. The Hall–Kier alpha value is -4.26. The molecular weight excluding hydrogens is 518 g/mol. The maximum absolute atomic E-state index is 12.1. The van der Waals surface area contributed by atoms with E-state index in [1.165, 1.54) is 44.6 Å². The third-order valence-electron chi connectivity index (χ3n) is 7.61. The molecule has 0 aliphatic heterocycles. The van der Waals surface area contributed by atoms with E-state index in [1.807, 2.05) is 49.4 Å². The summed E-state index contributed by atoms with van der Waals surface area (Å²) < 4.78 is 23.5. The molecule has 0 bridgehead atoms. The fourth-order valence-electron chi connectivity index (χ4n) is 5.12. The molecule has 7 heteroatoms. The average molecular weight is 556 g/mol. The van der Waals surface area contributed by atoms with Crippen LogP contribution in [0.2, 0.25) is 0 Å². The molecule has 1 atom stereocenters. The SMILES string of the molecule is Cc1oc(-c2ccccc2)nc1CCOc1ccc(OCC(C)(Oc2ccc(C3CCCCC3)cc2)C(=O)O)cc1. The lowest BCUT2D eigenvalue weighted by molar-refractivity contribution is -0.156. The number of aromatic nitrogens is 1. The minimum atomic E-state index is -1.55. The first kappa shape index (κ1) is 28.3. The molecule has 1 heterocycles. The highest BCUT2D eigenvalue weighted by Crippen LogP contribution is 2.34. The molecule has 1 aromatic heterocycles. The fraction of sp³-hybridized carbons (Fsp3) is 0.353. The van der Waals surface area contributed by atoms with Gasteiger partial charge in [-0.3, -0.25) is 0 Å². The number of benzene rings is 3. The Morgan fingerprint density at radius 3 is 2.20 bits per heavy atom. The normalized spacial score (nSPS) is 15.2. The van der Waals surface area contributed by atoms with Crippen molar-refractivity contribution in [3.8, 4) is 28.7 Å². The maximum atomic E-state index is 12.1. The summed E-state index contributed by atoms with van der Waals surface area (Å²) in [4.78, 5) is 16.7. The second kappa shape index (κ2) is 12.9. The Labute approximate surface area is 241 Å². The number of nitrogens with zero attached hydrogens (tertiary/aromatic N) is 1. The molecule has 1 fully saturated rings. The Morgan fingerprint density at radius 1 is 0.902 bits per heavy atom. The molecule has 214 valence electrons. The quantitative estimate of drug-likeness (QED) is 0.192. The van der Waals surface area contributed by atoms with E-state index in [-0.39, 0.29) is 6.61 Å². The first-order valence-electron chi connectivity index (χ1n) is 14.3. The zero-order valence-electron chi connectivity index (χ0n) is 23.7. The van der Waals surface area contributed by atoms with E-state index in [2.05, 4.69) is 17.1 Å². The van der Waals surface area contributed by atoms with E-state index in [0.29, 0.717) is 42.1 Å². The Morgan fingerprint density at radius 2 is 1.54 bits per heavy atom. The first-order chi connectivity index (χ1) is 19.9. The van der Waals surface area contributed by atoms with Crippen molar-refractivity contribution < 1.29 is 28.5 Å². The number of hydrogen-bond donors (Lipinski definition) is 1. The number of ether oxygens (including phenoxy) is 3. The zero-order chi connectivity index (χ0) is 28.7. The largest absolute Gasteiger partial charge is 0.493 e. The van der Waals surface area contributed by atoms with Crippen LogP contribution in [-0.2, 0) is 11.2 Å². The average Bonchev–Trinajstić information content (AvgIpc) is 3.38. The monoisotopic (exact) mass is 555 g/mol. The molecule has 1 N–H and O–H groups in total. The summed E-state index contributed by atoms with van der Waals surface area (Å²) in [5, 5.41) is 9.91. The lowest BCUT2D eigenvalue weighted by atomic mass is 9.84. The number of aryl methyl sites for hydroxylation is 1. The molecular formula is C34H37NO6. The van der Waals surface area contributed by atoms with Crippen LogP contribution in [0.3, 0.4) is 0 Å². The number of carboxylic acids is 1. The lowest BCUT2D eigenvalue weighted by Gasteiger charge is -2.27. The second-order valence-electron chi connectivity index (χ2n) is 10.8. The van der Waals surface area contributed by atoms with Gasteiger partial charge >= 0.3 is 5.97 Å². The van der Waals surface area contributed by atoms with Crippen molar-refractivity contribution in [3.05, 3.63) is 95.9 Å². The predicted molar refractivity (Wildman–Crippen MR) is 157 cm³/mol. The molecule has 1 aliphatic rings. The molecule has 1 unspecified atom stereocenters. The van der Waals surface area contributed by atoms with Gasteiger partial charge in [0.25, 0.3) is 0 Å². The van der Waals surface area contributed by atoms with Crippen molar-refractivity contribution in [3.63, 3.8) is 0 Å². The lowest BCUT2D eigenvalue weighted by Crippen LogP contribution is -2.47. The van der Waals surface area contributed by atoms with E-state index in [9.17, 15) is 9.90 Å². The van der Waals surface area contributed by atoms with Gasteiger partial charge in [-0.15, -0.1) is 0 Å². The van der Waals surface area contributed by atoms with E-state index in [0.717, 1.165) is 17.0 Å². The summed E-state index contributed by atoms with van der Waals surface area (Å²) in [5.41, 5.74) is 1.55. The second-order valence-corrected chi connectivity index (χ2v) is 10.8. The van der Waals surface area contributed by atoms with Gasteiger partial charge in [-0.1, -0.05) is 49.6 Å². The summed E-state index contributed by atoms with van der Waals surface area (Å²) >= 11 is 0. The van der Waals surface area contributed by atoms with Gasteiger partial charge in [-0.2, -0.15) is 0 Å². The molecule has 5 rings (SSSR count). The van der Waals surface area contributed by atoms with Gasteiger partial charge in [-0.05, 0) is 86.7 Å². The summed E-state index contributed by atoms with van der Waals surface area (Å²) in [5.74, 6) is 2.59. The Balaban J connectivity index is 1.12. The molecule has 1 aliphatic carbocycles. The summed E-state index contributed by atoms with van der Waals surface area (Å²) in [7, 11) is 0. The van der Waals surface area contributed by atoms with Gasteiger partial charge in [0.15, 0.2) is 0 Å². The highest BCUT2D eigenvalue weighted by Gasteiger charge is 2.37. The summed E-state index contributed by atoms with van der Waals surface area (Å²) in [6.45, 7) is 3.72. The topological polar surface area (TPSA) is 91.0 Å². The van der Waals surface area contributed by atoms with Gasteiger partial charge < -0.3 is 23.7 Å². The third kappa shape index (κ3) is 7.28. The summed E-state index contributed by atoms with van der Waals surface area (Å²) in [6.07, 6.45) is 6.87. The van der Waals surface area contributed by atoms with Gasteiger partial charge in [0.05, 0.1) is 12.3 Å². The highest BCUT2D eigenvalue weighted by atomic mass is 16.6. The molecule has 4 aromatic rings. The van der Waals surface area contributed by atoms with E-state index < -0.39 is 11.6 Å². The van der Waals surface area contributed by atoms with Crippen LogP contribution < -0.4 is 14.2 Å². The van der Waals surface area contributed by atoms with E-state index in [4.69, 9.17) is 18.6 Å². The van der Waals surface area contributed by atoms with Crippen molar-refractivity contribution in [2.75, 3.05) is 13.2 Å². The van der Waals surface area contributed by atoms with Crippen LogP contribution in [-0.4, -0.2) is 34.9 Å². The Bertz CT molecular complexity index is 1410. The highest BCUT2D eigenvalue weighted by molar-refractivity contribution is 5.77. The van der Waals surface area contributed by atoms with Crippen LogP contribution in [0.1, 0.15) is 62.0 Å². The van der Waals surface area contributed by atoms with Crippen molar-refractivity contribution in [1.82, 2.24) is 4.98 Å². The number of oxazole rings is 1. The van der Waals surface area contributed by atoms with Crippen LogP contribution in [0.15, 0.2) is 83.3 Å². The maximum Gasteiger partial charge on any atom is 0.351 e. The number of aliphatic carboxylic acids is 1. The van der Waals surface area contributed by atoms with Gasteiger partial charge in [0.1, 0.15) is 29.6 Å². The van der Waals surface area contributed by atoms with Crippen molar-refractivity contribution in [1.29, 1.82) is 0 Å². The molecule has 41 heavy (non-hydrogen) atoms. The number of carbonyl (C=O) groups is 1. The van der Waals surface area contributed by atoms with Crippen LogP contribution in [0.5, 0.6) is 17.2 Å². The van der Waals surface area contributed by atoms with Crippen LogP contribution in [0, 0.1) is 6.92 Å². The van der Waals surface area contributed by atoms with Gasteiger partial charge in [0, 0.05) is 12.0 Å². The van der Waals surface area contributed by atoms with Gasteiger partial charge in [-0.25, -0.2) is 9.78 Å². The van der Waals surface area contributed by atoms with E-state index >= 15 is 0 Å². The fourth-order valence-corrected chi connectivity index (χ4v) is 5.12. The third-order valence-corrected chi connectivity index (χ3v) is 7.61.